The molecule has 254 valence electrons. The van der Waals surface area contributed by atoms with Gasteiger partial charge in [-0.05, 0) is 41.7 Å². The molecule has 5 rings (SSSR count). The van der Waals surface area contributed by atoms with Crippen LogP contribution in [0.25, 0.3) is 21.8 Å². The van der Waals surface area contributed by atoms with Gasteiger partial charge in [0.2, 0.25) is 23.6 Å². The molecule has 0 fully saturated rings. The topological polar surface area (TPSA) is 225 Å². The normalized spacial score (nSPS) is 13.7. The Morgan fingerprint density at radius 3 is 1.73 bits per heavy atom. The molecule has 4 unspecified atom stereocenters. The Balaban J connectivity index is 1.32. The van der Waals surface area contributed by atoms with Crippen LogP contribution in [-0.2, 0) is 43.2 Å². The fourth-order valence-corrected chi connectivity index (χ4v) is 5.79. The number of aromatic amines is 2. The molecule has 0 saturated carbocycles. The van der Waals surface area contributed by atoms with Gasteiger partial charge in [0.1, 0.15) is 18.1 Å². The Kier molecular flexibility index (Phi) is 11.1. The predicted octanol–water partition coefficient (Wildman–Crippen LogP) is 1.81. The molecule has 0 saturated heterocycles. The minimum Gasteiger partial charge on any atom is -0.480 e. The van der Waals surface area contributed by atoms with Crippen LogP contribution in [0.1, 0.15) is 29.5 Å². The molecule has 4 amide bonds. The summed E-state index contributed by atoms with van der Waals surface area (Å²) in [7, 11) is 0. The van der Waals surface area contributed by atoms with E-state index in [1.165, 1.54) is 0 Å². The van der Waals surface area contributed by atoms with Gasteiger partial charge in [0.15, 0.2) is 0 Å². The van der Waals surface area contributed by atoms with E-state index in [9.17, 15) is 29.1 Å². The van der Waals surface area contributed by atoms with E-state index >= 15 is 0 Å². The first-order valence-corrected chi connectivity index (χ1v) is 15.9. The minimum atomic E-state index is -1.31. The number of nitrogens with two attached hydrogens (primary N) is 2. The maximum atomic E-state index is 13.7. The van der Waals surface area contributed by atoms with E-state index in [-0.39, 0.29) is 32.1 Å². The molecule has 0 aliphatic rings. The lowest BCUT2D eigenvalue weighted by atomic mass is 10.0. The lowest BCUT2D eigenvalue weighted by molar-refractivity contribution is -0.142. The highest BCUT2D eigenvalue weighted by atomic mass is 16.4. The van der Waals surface area contributed by atoms with Gasteiger partial charge < -0.3 is 42.5 Å². The molecular weight excluding hydrogens is 626 g/mol. The van der Waals surface area contributed by atoms with Crippen molar-refractivity contribution in [2.75, 3.05) is 0 Å². The zero-order valence-electron chi connectivity index (χ0n) is 26.6. The molecule has 49 heavy (non-hydrogen) atoms. The number of carbonyl (C=O) groups is 5. The summed E-state index contributed by atoms with van der Waals surface area (Å²) in [5.41, 5.74) is 15.6. The van der Waals surface area contributed by atoms with Crippen LogP contribution >= 0.6 is 0 Å². The maximum Gasteiger partial charge on any atom is 0.326 e. The van der Waals surface area contributed by atoms with Gasteiger partial charge in [0.25, 0.3) is 0 Å². The summed E-state index contributed by atoms with van der Waals surface area (Å²) in [6.07, 6.45) is 3.28. The number of carbonyl (C=O) groups excluding carboxylic acids is 4. The van der Waals surface area contributed by atoms with E-state index in [1.807, 2.05) is 48.5 Å². The number of hydrogen-bond acceptors (Lipinski definition) is 6. The Hall–Kier alpha value is -5.95. The highest BCUT2D eigenvalue weighted by Gasteiger charge is 2.31. The molecule has 0 radical (unpaired) electrons. The number of amides is 4. The number of aromatic nitrogens is 2. The van der Waals surface area contributed by atoms with E-state index in [1.54, 1.807) is 42.7 Å². The van der Waals surface area contributed by atoms with E-state index in [0.29, 0.717) is 11.1 Å². The van der Waals surface area contributed by atoms with Gasteiger partial charge in [0, 0.05) is 53.5 Å². The molecule has 10 N–H and O–H groups in total. The number of primary amides is 1. The van der Waals surface area contributed by atoms with Gasteiger partial charge in [-0.15, -0.1) is 0 Å². The molecule has 2 heterocycles. The fourth-order valence-electron chi connectivity index (χ4n) is 5.79. The number of para-hydroxylation sites is 2. The highest BCUT2D eigenvalue weighted by molar-refractivity contribution is 5.95. The second-order valence-corrected chi connectivity index (χ2v) is 12.0. The van der Waals surface area contributed by atoms with Gasteiger partial charge in [-0.2, -0.15) is 0 Å². The van der Waals surface area contributed by atoms with E-state index in [0.717, 1.165) is 27.4 Å². The number of hydrogen-bond donors (Lipinski definition) is 8. The van der Waals surface area contributed by atoms with Gasteiger partial charge in [-0.25, -0.2) is 4.79 Å². The van der Waals surface area contributed by atoms with Crippen molar-refractivity contribution in [3.63, 3.8) is 0 Å². The lowest BCUT2D eigenvalue weighted by Crippen LogP contribution is -2.58. The lowest BCUT2D eigenvalue weighted by Gasteiger charge is -2.25. The zero-order valence-corrected chi connectivity index (χ0v) is 26.6. The van der Waals surface area contributed by atoms with Crippen molar-refractivity contribution in [3.8, 4) is 0 Å². The standard InChI is InChI=1S/C36H39N7O6/c37-26(17-22-19-39-27-12-6-4-10-24(22)27)33(45)41-29(14-15-32(38)44)34(46)42-30(16-21-8-2-1-3-9-21)35(47)43-31(36(48)49)18-23-20-40-28-13-7-5-11-25(23)28/h1-13,19-20,26,29-31,39-40H,14-18,37H2,(H2,38,44)(H,41,45)(H,42,46)(H,43,47)(H,48,49). The maximum absolute atomic E-state index is 13.7. The third-order valence-electron chi connectivity index (χ3n) is 8.39. The molecule has 13 nitrogen and oxygen atoms in total. The van der Waals surface area contributed by atoms with Crippen molar-refractivity contribution in [2.24, 2.45) is 11.5 Å². The van der Waals surface area contributed by atoms with Gasteiger partial charge in [0.05, 0.1) is 6.04 Å². The van der Waals surface area contributed by atoms with Crippen LogP contribution in [-0.4, -0.2) is 68.8 Å². The third-order valence-corrected chi connectivity index (χ3v) is 8.39. The van der Waals surface area contributed by atoms with Crippen LogP contribution in [0.4, 0.5) is 0 Å². The molecule has 0 bridgehead atoms. The van der Waals surface area contributed by atoms with Crippen molar-refractivity contribution < 1.29 is 29.1 Å². The number of aliphatic carboxylic acids is 1. The van der Waals surface area contributed by atoms with E-state index in [2.05, 4.69) is 25.9 Å². The number of benzene rings is 3. The number of fused-ring (bicyclic) bond motifs is 2. The van der Waals surface area contributed by atoms with Gasteiger partial charge >= 0.3 is 5.97 Å². The van der Waals surface area contributed by atoms with Crippen LogP contribution in [0.2, 0.25) is 0 Å². The smallest absolute Gasteiger partial charge is 0.326 e. The van der Waals surface area contributed by atoms with Crippen LogP contribution in [0, 0.1) is 0 Å². The minimum absolute atomic E-state index is 0.0112. The second-order valence-electron chi connectivity index (χ2n) is 12.0. The van der Waals surface area contributed by atoms with Crippen LogP contribution in [0.3, 0.4) is 0 Å². The number of nitrogens with one attached hydrogen (secondary N) is 5. The highest BCUT2D eigenvalue weighted by Crippen LogP contribution is 2.20. The van der Waals surface area contributed by atoms with E-state index < -0.39 is 53.8 Å². The number of rotatable bonds is 16. The summed E-state index contributed by atoms with van der Waals surface area (Å²) in [4.78, 5) is 70.9. The predicted molar refractivity (Wildman–Crippen MR) is 184 cm³/mol. The quantitative estimate of drug-likeness (QED) is 0.0779. The van der Waals surface area contributed by atoms with Crippen molar-refractivity contribution in [1.82, 2.24) is 25.9 Å². The summed E-state index contributed by atoms with van der Waals surface area (Å²) in [6.45, 7) is 0. The Morgan fingerprint density at radius 2 is 1.14 bits per heavy atom. The van der Waals surface area contributed by atoms with Gasteiger partial charge in [-0.3, -0.25) is 19.2 Å². The first kappa shape index (κ1) is 34.4. The first-order valence-electron chi connectivity index (χ1n) is 15.9. The second kappa shape index (κ2) is 15.8. The molecule has 0 spiro atoms. The molecule has 0 aliphatic heterocycles. The Labute approximate surface area is 281 Å². The van der Waals surface area contributed by atoms with Crippen molar-refractivity contribution in [3.05, 3.63) is 108 Å². The summed E-state index contributed by atoms with van der Waals surface area (Å²) < 4.78 is 0. The average Bonchev–Trinajstić information content (AvgIpc) is 3.70. The van der Waals surface area contributed by atoms with E-state index in [4.69, 9.17) is 11.5 Å². The Morgan fingerprint density at radius 1 is 0.633 bits per heavy atom. The van der Waals surface area contributed by atoms with Crippen molar-refractivity contribution in [1.29, 1.82) is 0 Å². The molecular formula is C36H39N7O6. The third kappa shape index (κ3) is 8.90. The zero-order chi connectivity index (χ0) is 34.9. The summed E-state index contributed by atoms with van der Waals surface area (Å²) in [5.74, 6) is -4.06. The average molecular weight is 666 g/mol. The number of carboxylic acids is 1. The van der Waals surface area contributed by atoms with Crippen LogP contribution < -0.4 is 27.4 Å². The van der Waals surface area contributed by atoms with Crippen LogP contribution in [0.5, 0.6) is 0 Å². The number of H-pyrrole nitrogens is 2. The molecule has 13 heteroatoms. The van der Waals surface area contributed by atoms with Crippen molar-refractivity contribution in [2.45, 2.75) is 56.3 Å². The monoisotopic (exact) mass is 665 g/mol. The van der Waals surface area contributed by atoms with Crippen molar-refractivity contribution >= 4 is 51.4 Å². The number of carboxylic acid groups (broad SMARTS) is 1. The summed E-state index contributed by atoms with van der Waals surface area (Å²) in [5, 5.41) is 19.7. The molecule has 0 aliphatic carbocycles. The first-order chi connectivity index (χ1) is 23.6. The summed E-state index contributed by atoms with van der Waals surface area (Å²) >= 11 is 0. The molecule has 4 atom stereocenters. The molecule has 3 aromatic carbocycles. The summed E-state index contributed by atoms with van der Waals surface area (Å²) in [6, 6.07) is 19.0. The van der Waals surface area contributed by atoms with Gasteiger partial charge in [-0.1, -0.05) is 66.7 Å². The molecule has 2 aromatic heterocycles. The largest absolute Gasteiger partial charge is 0.480 e. The fraction of sp³-hybridized carbons (Fsp3) is 0.250. The Bertz CT molecular complexity index is 1950. The SMILES string of the molecule is NC(=O)CCC(NC(=O)C(N)Cc1c[nH]c2ccccc12)C(=O)NC(Cc1ccccc1)C(=O)NC(Cc1c[nH]c2ccccc12)C(=O)O. The van der Waals surface area contributed by atoms with Crippen LogP contribution in [0.15, 0.2) is 91.3 Å². The molecule has 5 aromatic rings.